The molecule has 23 heavy (non-hydrogen) atoms. The zero-order chi connectivity index (χ0) is 16.7. The average molecular weight is 335 g/mol. The summed E-state index contributed by atoms with van der Waals surface area (Å²) in [5.41, 5.74) is 1.18. The van der Waals surface area contributed by atoms with Gasteiger partial charge in [-0.05, 0) is 53.1 Å². The Morgan fingerprint density at radius 2 is 2.09 bits per heavy atom. The van der Waals surface area contributed by atoms with Crippen molar-refractivity contribution in [1.29, 1.82) is 0 Å². The van der Waals surface area contributed by atoms with E-state index in [9.17, 15) is 9.59 Å². The van der Waals surface area contributed by atoms with Gasteiger partial charge < -0.3 is 10.1 Å². The van der Waals surface area contributed by atoms with Gasteiger partial charge in [0, 0.05) is 5.56 Å². The van der Waals surface area contributed by atoms with Crippen LogP contribution < -0.4 is 5.32 Å². The number of rotatable bonds is 7. The van der Waals surface area contributed by atoms with Gasteiger partial charge in [-0.25, -0.2) is 9.48 Å². The lowest BCUT2D eigenvalue weighted by molar-refractivity contribution is -0.142. The van der Waals surface area contributed by atoms with Crippen LogP contribution in [0.4, 0.5) is 0 Å². The van der Waals surface area contributed by atoms with Crippen molar-refractivity contribution in [2.75, 3.05) is 19.1 Å². The van der Waals surface area contributed by atoms with Gasteiger partial charge in [0.05, 0.1) is 12.8 Å². The molecule has 0 fully saturated rings. The van der Waals surface area contributed by atoms with Gasteiger partial charge in [0.2, 0.25) is 0 Å². The van der Waals surface area contributed by atoms with Gasteiger partial charge in [0.15, 0.2) is 0 Å². The van der Waals surface area contributed by atoms with E-state index in [1.165, 1.54) is 18.1 Å². The summed E-state index contributed by atoms with van der Waals surface area (Å²) in [5, 5.41) is 13.6. The number of hydrogen-bond acceptors (Lipinski definition) is 7. The zero-order valence-electron chi connectivity index (χ0n) is 12.8. The Kier molecular flexibility index (Phi) is 6.10. The predicted molar refractivity (Wildman–Crippen MR) is 85.4 cm³/mol. The summed E-state index contributed by atoms with van der Waals surface area (Å²) in [7, 11) is 1.31. The normalized spacial score (nSPS) is 11.7. The molecule has 1 heterocycles. The molecule has 2 rings (SSSR count). The number of ether oxygens (including phenoxy) is 1. The number of amides is 1. The molecular weight excluding hydrogens is 318 g/mol. The zero-order valence-corrected chi connectivity index (χ0v) is 13.6. The minimum atomic E-state index is -0.654. The van der Waals surface area contributed by atoms with Gasteiger partial charge in [-0.3, -0.25) is 4.79 Å². The Morgan fingerprint density at radius 3 is 2.65 bits per heavy atom. The maximum absolute atomic E-state index is 12.3. The van der Waals surface area contributed by atoms with Crippen molar-refractivity contribution in [2.24, 2.45) is 0 Å². The summed E-state index contributed by atoms with van der Waals surface area (Å²) in [4.78, 5) is 24.0. The van der Waals surface area contributed by atoms with Crippen LogP contribution in [-0.4, -0.2) is 57.2 Å². The van der Waals surface area contributed by atoms with Crippen LogP contribution >= 0.6 is 11.8 Å². The Labute approximate surface area is 137 Å². The molecule has 0 aliphatic rings. The van der Waals surface area contributed by atoms with Crippen LogP contribution in [0, 0.1) is 0 Å². The van der Waals surface area contributed by atoms with Gasteiger partial charge in [0.1, 0.15) is 12.4 Å². The van der Waals surface area contributed by atoms with Crippen LogP contribution in [0.15, 0.2) is 30.6 Å². The summed E-state index contributed by atoms with van der Waals surface area (Å²) in [6.45, 7) is 0. The summed E-state index contributed by atoms with van der Waals surface area (Å²) < 4.78 is 6.21. The van der Waals surface area contributed by atoms with Crippen LogP contribution in [0.5, 0.6) is 0 Å². The van der Waals surface area contributed by atoms with Crippen LogP contribution in [0.1, 0.15) is 16.8 Å². The Balaban J connectivity index is 2.05. The number of carbonyl (C=O) groups is 2. The smallest absolute Gasteiger partial charge is 0.328 e. The number of aromatic nitrogens is 4. The first kappa shape index (κ1) is 16.9. The quantitative estimate of drug-likeness (QED) is 0.743. The molecule has 0 radical (unpaired) electrons. The molecule has 0 aliphatic carbocycles. The average Bonchev–Trinajstić information content (AvgIpc) is 3.12. The van der Waals surface area contributed by atoms with E-state index < -0.39 is 12.0 Å². The third kappa shape index (κ3) is 4.52. The highest BCUT2D eigenvalue weighted by Crippen LogP contribution is 2.09. The maximum atomic E-state index is 12.3. The number of nitrogens with zero attached hydrogens (tertiary/aromatic N) is 4. The van der Waals surface area contributed by atoms with Gasteiger partial charge in [0.25, 0.3) is 5.91 Å². The summed E-state index contributed by atoms with van der Waals surface area (Å²) in [6, 6.07) is 6.09. The van der Waals surface area contributed by atoms with Gasteiger partial charge >= 0.3 is 5.97 Å². The molecule has 2 aromatic rings. The molecule has 0 saturated carbocycles. The van der Waals surface area contributed by atoms with Crippen LogP contribution in [0.2, 0.25) is 0 Å². The molecule has 1 N–H and O–H groups in total. The maximum Gasteiger partial charge on any atom is 0.328 e. The fourth-order valence-electron chi connectivity index (χ4n) is 1.91. The van der Waals surface area contributed by atoms with E-state index in [4.69, 9.17) is 4.74 Å². The van der Waals surface area contributed by atoms with Crippen molar-refractivity contribution in [3.05, 3.63) is 36.2 Å². The second-order valence-electron chi connectivity index (χ2n) is 4.63. The molecule has 0 saturated heterocycles. The molecule has 1 aromatic heterocycles. The molecular formula is C14H17N5O3S. The molecule has 1 aromatic carbocycles. The molecule has 122 valence electrons. The SMILES string of the molecule is COC(=O)[C@H](CCSC)NC(=O)c1ccc(-n2cnnn2)cc1. The number of thioether (sulfide) groups is 1. The van der Waals surface area contributed by atoms with Crippen molar-refractivity contribution in [3.8, 4) is 5.69 Å². The lowest BCUT2D eigenvalue weighted by Gasteiger charge is -2.16. The standard InChI is InChI=1S/C14H17N5O3S/c1-22-14(21)12(7-8-23-2)16-13(20)10-3-5-11(6-4-10)19-9-15-17-18-19/h3-6,9,12H,7-8H2,1-2H3,(H,16,20)/t12-/m0/s1. The molecule has 0 bridgehead atoms. The van der Waals surface area contributed by atoms with E-state index in [1.807, 2.05) is 6.26 Å². The van der Waals surface area contributed by atoms with Crippen molar-refractivity contribution < 1.29 is 14.3 Å². The topological polar surface area (TPSA) is 99.0 Å². The second kappa shape index (κ2) is 8.28. The van der Waals surface area contributed by atoms with Gasteiger partial charge in [-0.2, -0.15) is 11.8 Å². The summed E-state index contributed by atoms with van der Waals surface area (Å²) in [6.07, 6.45) is 3.92. The molecule has 0 aliphatic heterocycles. The van der Waals surface area contributed by atoms with Crippen molar-refractivity contribution in [1.82, 2.24) is 25.5 Å². The number of nitrogens with one attached hydrogen (secondary N) is 1. The first-order valence-electron chi connectivity index (χ1n) is 6.86. The van der Waals surface area contributed by atoms with E-state index in [1.54, 1.807) is 36.0 Å². The number of tetrazole rings is 1. The molecule has 1 atom stereocenters. The highest BCUT2D eigenvalue weighted by atomic mass is 32.2. The molecule has 9 heteroatoms. The Morgan fingerprint density at radius 1 is 1.35 bits per heavy atom. The minimum Gasteiger partial charge on any atom is -0.467 e. The minimum absolute atomic E-state index is 0.329. The van der Waals surface area contributed by atoms with Crippen LogP contribution in [0.25, 0.3) is 5.69 Å². The second-order valence-corrected chi connectivity index (χ2v) is 5.62. The Hall–Kier alpha value is -2.42. The number of esters is 1. The summed E-state index contributed by atoms with van der Waals surface area (Å²) >= 11 is 1.60. The third-order valence-electron chi connectivity index (χ3n) is 3.14. The van der Waals surface area contributed by atoms with E-state index in [2.05, 4.69) is 20.8 Å². The molecule has 1 amide bonds. The monoisotopic (exact) mass is 335 g/mol. The van der Waals surface area contributed by atoms with Crippen molar-refractivity contribution in [2.45, 2.75) is 12.5 Å². The number of hydrogen-bond donors (Lipinski definition) is 1. The largest absolute Gasteiger partial charge is 0.467 e. The Bertz CT molecular complexity index is 645. The van der Waals surface area contributed by atoms with E-state index in [-0.39, 0.29) is 5.91 Å². The number of carbonyl (C=O) groups excluding carboxylic acids is 2. The fraction of sp³-hybridized carbons (Fsp3) is 0.357. The van der Waals surface area contributed by atoms with E-state index in [0.29, 0.717) is 12.0 Å². The van der Waals surface area contributed by atoms with Gasteiger partial charge in [-0.15, -0.1) is 5.10 Å². The lowest BCUT2D eigenvalue weighted by Crippen LogP contribution is -2.41. The fourth-order valence-corrected chi connectivity index (χ4v) is 2.39. The molecule has 8 nitrogen and oxygen atoms in total. The molecule has 0 spiro atoms. The van der Waals surface area contributed by atoms with E-state index in [0.717, 1.165) is 11.4 Å². The highest BCUT2D eigenvalue weighted by Gasteiger charge is 2.21. The number of benzene rings is 1. The predicted octanol–water partition coefficient (Wildman–Crippen LogP) is 0.687. The molecule has 0 unspecified atom stereocenters. The first-order chi connectivity index (χ1) is 11.2. The lowest BCUT2D eigenvalue weighted by atomic mass is 10.1. The third-order valence-corrected chi connectivity index (χ3v) is 3.79. The highest BCUT2D eigenvalue weighted by molar-refractivity contribution is 7.98. The van der Waals surface area contributed by atoms with Crippen molar-refractivity contribution in [3.63, 3.8) is 0 Å². The van der Waals surface area contributed by atoms with Crippen molar-refractivity contribution >= 4 is 23.6 Å². The van der Waals surface area contributed by atoms with E-state index >= 15 is 0 Å². The van der Waals surface area contributed by atoms with Gasteiger partial charge in [-0.1, -0.05) is 0 Å². The van der Waals surface area contributed by atoms with Crippen LogP contribution in [-0.2, 0) is 9.53 Å². The summed E-state index contributed by atoms with van der Waals surface area (Å²) in [5.74, 6) is -0.0272. The van der Waals surface area contributed by atoms with Crippen LogP contribution in [0.3, 0.4) is 0 Å². The number of methoxy groups -OCH3 is 1. The first-order valence-corrected chi connectivity index (χ1v) is 8.26.